The number of sulfonamides is 1. The predicted octanol–water partition coefficient (Wildman–Crippen LogP) is 1.12. The van der Waals surface area contributed by atoms with Gasteiger partial charge in [0.25, 0.3) is 0 Å². The van der Waals surface area contributed by atoms with Gasteiger partial charge in [-0.05, 0) is 31.9 Å². The molecule has 4 rings (SSSR count). The lowest BCUT2D eigenvalue weighted by molar-refractivity contribution is 0.271. The number of anilines is 2. The number of nitrogens with zero attached hydrogens (tertiary/aromatic N) is 5. The maximum absolute atomic E-state index is 13.0. The van der Waals surface area contributed by atoms with Crippen molar-refractivity contribution in [3.63, 3.8) is 0 Å². The molecule has 172 valence electrons. The van der Waals surface area contributed by atoms with E-state index >= 15 is 0 Å². The van der Waals surface area contributed by atoms with Crippen molar-refractivity contribution in [3.05, 3.63) is 24.7 Å². The van der Waals surface area contributed by atoms with Crippen molar-refractivity contribution in [2.45, 2.75) is 38.3 Å². The Morgan fingerprint density at radius 3 is 2.84 bits per heavy atom. The smallest absolute Gasteiger partial charge is 0.233 e. The summed E-state index contributed by atoms with van der Waals surface area (Å²) >= 11 is 0. The number of aromatic amines is 1. The summed E-state index contributed by atoms with van der Waals surface area (Å²) in [7, 11) is -3.66. The molecule has 0 aromatic carbocycles. The zero-order chi connectivity index (χ0) is 22.7. The number of aliphatic hydroxyl groups excluding tert-OH is 1. The van der Waals surface area contributed by atoms with Gasteiger partial charge < -0.3 is 20.7 Å². The fourth-order valence-corrected chi connectivity index (χ4v) is 5.02. The number of rotatable bonds is 8. The summed E-state index contributed by atoms with van der Waals surface area (Å²) in [6.45, 7) is 3.22. The lowest BCUT2D eigenvalue weighted by atomic mass is 10.1. The Labute approximate surface area is 186 Å². The third-order valence-corrected chi connectivity index (χ3v) is 6.71. The van der Waals surface area contributed by atoms with Gasteiger partial charge in [0.15, 0.2) is 11.5 Å². The van der Waals surface area contributed by atoms with Gasteiger partial charge in [-0.2, -0.15) is 4.98 Å². The lowest BCUT2D eigenvalue weighted by Crippen LogP contribution is -2.49. The van der Waals surface area contributed by atoms with Crippen LogP contribution in [0.5, 0.6) is 0 Å². The molecule has 11 nitrogen and oxygen atoms in total. The first-order valence-corrected chi connectivity index (χ1v) is 12.5. The van der Waals surface area contributed by atoms with Crippen LogP contribution < -0.4 is 14.9 Å². The maximum atomic E-state index is 13.0. The summed E-state index contributed by atoms with van der Waals surface area (Å²) in [5.41, 5.74) is 2.25. The van der Waals surface area contributed by atoms with Crippen LogP contribution in [-0.2, 0) is 10.0 Å². The van der Waals surface area contributed by atoms with Crippen LogP contribution in [0, 0.1) is 0 Å². The topological polar surface area (TPSA) is 149 Å². The molecule has 1 aliphatic heterocycles. The third kappa shape index (κ3) is 4.66. The molecule has 1 unspecified atom stereocenters. The van der Waals surface area contributed by atoms with Crippen LogP contribution in [0.3, 0.4) is 0 Å². The molecule has 4 N–H and O–H groups in total. The normalized spacial score (nSPS) is 17.9. The Balaban J connectivity index is 1.86. The molecular weight excluding hydrogens is 432 g/mol. The highest BCUT2D eigenvalue weighted by Gasteiger charge is 2.32. The van der Waals surface area contributed by atoms with Crippen LogP contribution in [0.15, 0.2) is 24.7 Å². The van der Waals surface area contributed by atoms with Gasteiger partial charge in [0.1, 0.15) is 5.52 Å². The monoisotopic (exact) mass is 460 g/mol. The van der Waals surface area contributed by atoms with E-state index in [0.717, 1.165) is 13.0 Å². The Bertz CT molecular complexity index is 1170. The highest BCUT2D eigenvalue weighted by molar-refractivity contribution is 7.92. The molecule has 1 aliphatic rings. The van der Waals surface area contributed by atoms with Gasteiger partial charge >= 0.3 is 0 Å². The molecule has 3 aromatic heterocycles. The molecule has 12 heteroatoms. The molecule has 0 radical (unpaired) electrons. The second-order valence-electron chi connectivity index (χ2n) is 7.89. The van der Waals surface area contributed by atoms with E-state index in [-0.39, 0.29) is 30.5 Å². The Kier molecular flexibility index (Phi) is 6.53. The van der Waals surface area contributed by atoms with Gasteiger partial charge in [-0.1, -0.05) is 6.92 Å². The van der Waals surface area contributed by atoms with E-state index in [0.29, 0.717) is 41.8 Å². The number of aliphatic hydroxyl groups is 1. The summed E-state index contributed by atoms with van der Waals surface area (Å²) in [6, 6.07) is 1.27. The molecule has 0 spiro atoms. The highest BCUT2D eigenvalue weighted by Crippen LogP contribution is 2.33. The fourth-order valence-electron chi connectivity index (χ4n) is 3.84. The van der Waals surface area contributed by atoms with Crippen molar-refractivity contribution in [1.29, 1.82) is 0 Å². The number of nitrogens with one attached hydrogen (secondary N) is 3. The summed E-state index contributed by atoms with van der Waals surface area (Å²) < 4.78 is 27.3. The molecule has 32 heavy (non-hydrogen) atoms. The summed E-state index contributed by atoms with van der Waals surface area (Å²) in [5.74, 6) is 0.494. The maximum Gasteiger partial charge on any atom is 0.233 e. The van der Waals surface area contributed by atoms with Crippen molar-refractivity contribution in [1.82, 2.24) is 30.2 Å². The average Bonchev–Trinajstić information content (AvgIpc) is 3.25. The van der Waals surface area contributed by atoms with Crippen molar-refractivity contribution >= 4 is 33.0 Å². The molecule has 0 bridgehead atoms. The van der Waals surface area contributed by atoms with Crippen LogP contribution >= 0.6 is 0 Å². The highest BCUT2D eigenvalue weighted by atomic mass is 32.2. The van der Waals surface area contributed by atoms with Gasteiger partial charge in [-0.15, -0.1) is 0 Å². The first kappa shape index (κ1) is 22.4. The Hall–Kier alpha value is -2.83. The van der Waals surface area contributed by atoms with Crippen molar-refractivity contribution in [2.24, 2.45) is 0 Å². The van der Waals surface area contributed by atoms with Crippen LogP contribution in [-0.4, -0.2) is 76.5 Å². The molecular formula is C20H28N8O3S. The van der Waals surface area contributed by atoms with Crippen LogP contribution in [0.2, 0.25) is 0 Å². The van der Waals surface area contributed by atoms with E-state index < -0.39 is 10.0 Å². The zero-order valence-electron chi connectivity index (χ0n) is 18.1. The van der Waals surface area contributed by atoms with Crippen LogP contribution in [0.25, 0.3) is 22.4 Å². The van der Waals surface area contributed by atoms with Crippen molar-refractivity contribution < 1.29 is 13.5 Å². The molecule has 1 fully saturated rings. The number of hydrogen-bond donors (Lipinski definition) is 4. The quantitative estimate of drug-likeness (QED) is 0.388. The van der Waals surface area contributed by atoms with E-state index in [4.69, 9.17) is 0 Å². The minimum Gasteiger partial charge on any atom is -0.394 e. The van der Waals surface area contributed by atoms with E-state index in [1.54, 1.807) is 24.7 Å². The summed E-state index contributed by atoms with van der Waals surface area (Å²) in [4.78, 5) is 21.0. The largest absolute Gasteiger partial charge is 0.394 e. The van der Waals surface area contributed by atoms with Crippen molar-refractivity contribution in [3.8, 4) is 11.3 Å². The minimum atomic E-state index is -3.66. The molecule has 0 saturated carbocycles. The fraction of sp³-hybridized carbons (Fsp3) is 0.500. The number of H-pyrrole nitrogens is 1. The van der Waals surface area contributed by atoms with Gasteiger partial charge in [-0.25, -0.2) is 27.7 Å². The van der Waals surface area contributed by atoms with E-state index in [2.05, 4.69) is 35.6 Å². The van der Waals surface area contributed by atoms with Gasteiger partial charge in [0.05, 0.1) is 42.4 Å². The first-order chi connectivity index (χ1) is 15.4. The number of aromatic nitrogens is 5. The molecule has 0 amide bonds. The number of fused-ring (bicyclic) bond motifs is 1. The summed E-state index contributed by atoms with van der Waals surface area (Å²) in [6.07, 6.45) is 8.30. The second kappa shape index (κ2) is 9.35. The Morgan fingerprint density at radius 2 is 2.16 bits per heavy atom. The SMILES string of the molecule is CC[C@H](CO)Nc1ncc(-c2cnc3[nH]ccc3n2)c(N(C2CCCNC2)S(C)(=O)=O)n1. The van der Waals surface area contributed by atoms with Crippen LogP contribution in [0.4, 0.5) is 11.8 Å². The molecule has 0 aliphatic carbocycles. The molecule has 3 aromatic rings. The summed E-state index contributed by atoms with van der Waals surface area (Å²) in [5, 5.41) is 15.9. The lowest BCUT2D eigenvalue weighted by Gasteiger charge is -2.34. The standard InChI is InChI=1S/C20H28N8O3S/c1-3-13(12-29)25-20-24-10-15(17-11-23-18-16(26-17)6-8-22-18)19(27-20)28(32(2,30)31)14-5-4-7-21-9-14/h6,8,10-11,13-14,21,29H,3-5,7,9,12H2,1-2H3,(H,22,23)(H,24,25,27)/t13-,14?/m1/s1. The predicted molar refractivity (Wildman–Crippen MR) is 123 cm³/mol. The zero-order valence-corrected chi connectivity index (χ0v) is 18.9. The third-order valence-electron chi connectivity index (χ3n) is 5.52. The number of piperidine rings is 1. The average molecular weight is 461 g/mol. The molecule has 1 saturated heterocycles. The van der Waals surface area contributed by atoms with E-state index in [9.17, 15) is 13.5 Å². The first-order valence-electron chi connectivity index (χ1n) is 10.7. The van der Waals surface area contributed by atoms with Crippen LogP contribution in [0.1, 0.15) is 26.2 Å². The molecule has 4 heterocycles. The van der Waals surface area contributed by atoms with E-state index in [1.165, 1.54) is 10.6 Å². The van der Waals surface area contributed by atoms with Gasteiger partial charge in [0.2, 0.25) is 16.0 Å². The molecule has 2 atom stereocenters. The minimum absolute atomic E-state index is 0.0884. The number of hydrogen-bond acceptors (Lipinski definition) is 9. The second-order valence-corrected chi connectivity index (χ2v) is 9.75. The Morgan fingerprint density at radius 1 is 1.31 bits per heavy atom. The van der Waals surface area contributed by atoms with E-state index in [1.807, 2.05) is 6.92 Å². The van der Waals surface area contributed by atoms with Gasteiger partial charge in [0, 0.05) is 18.9 Å². The van der Waals surface area contributed by atoms with Gasteiger partial charge in [-0.3, -0.25) is 0 Å². The van der Waals surface area contributed by atoms with Crippen molar-refractivity contribution in [2.75, 3.05) is 35.6 Å².